The fourth-order valence-corrected chi connectivity index (χ4v) is 3.39. The van der Waals surface area contributed by atoms with Crippen LogP contribution in [-0.2, 0) is 11.3 Å². The van der Waals surface area contributed by atoms with E-state index < -0.39 is 6.09 Å². The highest BCUT2D eigenvalue weighted by Gasteiger charge is 2.27. The molecule has 0 N–H and O–H groups in total. The Morgan fingerprint density at radius 1 is 1.39 bits per heavy atom. The summed E-state index contributed by atoms with van der Waals surface area (Å²) in [5, 5.41) is 2.13. The third kappa shape index (κ3) is 4.10. The van der Waals surface area contributed by atoms with Crippen molar-refractivity contribution in [3.05, 3.63) is 51.8 Å². The van der Waals surface area contributed by atoms with E-state index in [4.69, 9.17) is 4.74 Å². The topological polar surface area (TPSA) is 43.6 Å². The fraction of sp³-hybridized carbons (Fsp3) is 0.444. The van der Waals surface area contributed by atoms with E-state index in [2.05, 4.69) is 27.1 Å². The summed E-state index contributed by atoms with van der Waals surface area (Å²) < 4.78 is 7.44. The summed E-state index contributed by atoms with van der Waals surface area (Å²) in [6.45, 7) is 4.62. The molecule has 1 aliphatic rings. The van der Waals surface area contributed by atoms with E-state index in [1.165, 1.54) is 35.4 Å². The molecule has 1 aromatic heterocycles. The molecule has 1 heterocycles. The number of rotatable bonds is 5. The van der Waals surface area contributed by atoms with Crippen molar-refractivity contribution in [3.8, 4) is 0 Å². The highest BCUT2D eigenvalue weighted by Crippen LogP contribution is 2.40. The first-order valence-corrected chi connectivity index (χ1v) is 9.02. The molecule has 3 rings (SSSR count). The largest absolute Gasteiger partial charge is 0.445 e. The molecule has 5 heteroatoms. The SMILES string of the molecule is CCC(C)OC(=O)/N=c1\scc(C2CC2)n1Cc1ccccc1. The summed E-state index contributed by atoms with van der Waals surface area (Å²) in [7, 11) is 0. The van der Waals surface area contributed by atoms with Gasteiger partial charge in [-0.3, -0.25) is 0 Å². The summed E-state index contributed by atoms with van der Waals surface area (Å²) in [6, 6.07) is 10.3. The molecule has 1 aliphatic carbocycles. The second-order valence-electron chi connectivity index (χ2n) is 6.00. The lowest BCUT2D eigenvalue weighted by atomic mass is 10.2. The van der Waals surface area contributed by atoms with Gasteiger partial charge in [-0.15, -0.1) is 16.3 Å². The van der Waals surface area contributed by atoms with E-state index in [1.54, 1.807) is 0 Å². The zero-order valence-electron chi connectivity index (χ0n) is 13.6. The van der Waals surface area contributed by atoms with Crippen molar-refractivity contribution in [1.29, 1.82) is 0 Å². The Hall–Kier alpha value is -1.88. The summed E-state index contributed by atoms with van der Waals surface area (Å²) >= 11 is 1.52. The molecule has 1 fully saturated rings. The molecule has 2 aromatic rings. The van der Waals surface area contributed by atoms with Gasteiger partial charge in [0.25, 0.3) is 0 Å². The molecule has 0 spiro atoms. The van der Waals surface area contributed by atoms with Crippen molar-refractivity contribution in [2.45, 2.75) is 51.7 Å². The molecule has 1 saturated carbocycles. The third-order valence-corrected chi connectivity index (χ3v) is 4.95. The van der Waals surface area contributed by atoms with E-state index in [0.29, 0.717) is 5.92 Å². The van der Waals surface area contributed by atoms with Crippen LogP contribution in [0.2, 0.25) is 0 Å². The second kappa shape index (κ2) is 7.13. The van der Waals surface area contributed by atoms with Crippen LogP contribution in [0.4, 0.5) is 4.79 Å². The number of carbonyl (C=O) groups is 1. The van der Waals surface area contributed by atoms with Gasteiger partial charge < -0.3 is 9.30 Å². The summed E-state index contributed by atoms with van der Waals surface area (Å²) in [5.74, 6) is 0.615. The van der Waals surface area contributed by atoms with Gasteiger partial charge in [-0.1, -0.05) is 37.3 Å². The van der Waals surface area contributed by atoms with Gasteiger partial charge in [0.05, 0.1) is 6.54 Å². The highest BCUT2D eigenvalue weighted by molar-refractivity contribution is 7.07. The molecule has 1 amide bonds. The molecular weight excluding hydrogens is 308 g/mol. The maximum atomic E-state index is 12.0. The van der Waals surface area contributed by atoms with Gasteiger partial charge >= 0.3 is 6.09 Å². The predicted molar refractivity (Wildman–Crippen MR) is 91.6 cm³/mol. The van der Waals surface area contributed by atoms with Crippen LogP contribution in [0.25, 0.3) is 0 Å². The summed E-state index contributed by atoms with van der Waals surface area (Å²) in [6.07, 6.45) is 2.65. The Bertz CT molecular complexity index is 729. The molecule has 0 saturated heterocycles. The highest BCUT2D eigenvalue weighted by atomic mass is 32.1. The van der Waals surface area contributed by atoms with E-state index >= 15 is 0 Å². The first-order chi connectivity index (χ1) is 11.2. The maximum Gasteiger partial charge on any atom is 0.436 e. The minimum absolute atomic E-state index is 0.100. The molecule has 0 aliphatic heterocycles. The van der Waals surface area contributed by atoms with E-state index in [-0.39, 0.29) is 6.10 Å². The van der Waals surface area contributed by atoms with Crippen LogP contribution in [0.1, 0.15) is 50.3 Å². The van der Waals surface area contributed by atoms with Crippen LogP contribution in [0, 0.1) is 0 Å². The van der Waals surface area contributed by atoms with Crippen LogP contribution in [0.3, 0.4) is 0 Å². The van der Waals surface area contributed by atoms with E-state index in [9.17, 15) is 4.79 Å². The lowest BCUT2D eigenvalue weighted by Gasteiger charge is -2.09. The Morgan fingerprint density at radius 2 is 2.13 bits per heavy atom. The minimum atomic E-state index is -0.495. The van der Waals surface area contributed by atoms with E-state index in [0.717, 1.165) is 17.8 Å². The molecule has 1 atom stereocenters. The molecule has 122 valence electrons. The predicted octanol–water partition coefficient (Wildman–Crippen LogP) is 4.31. The molecule has 23 heavy (non-hydrogen) atoms. The van der Waals surface area contributed by atoms with Crippen molar-refractivity contribution in [2.75, 3.05) is 0 Å². The third-order valence-electron chi connectivity index (χ3n) is 4.07. The Morgan fingerprint density at radius 3 is 2.78 bits per heavy atom. The monoisotopic (exact) mass is 330 g/mol. The molecule has 4 nitrogen and oxygen atoms in total. The molecular formula is C18H22N2O2S. The Balaban J connectivity index is 1.89. The van der Waals surface area contributed by atoms with Gasteiger partial charge in [-0.05, 0) is 31.7 Å². The summed E-state index contributed by atoms with van der Waals surface area (Å²) in [5.41, 5.74) is 2.50. The van der Waals surface area contributed by atoms with Crippen molar-refractivity contribution >= 4 is 17.4 Å². The Labute approximate surface area is 140 Å². The van der Waals surface area contributed by atoms with Crippen molar-refractivity contribution in [3.63, 3.8) is 0 Å². The number of carbonyl (C=O) groups excluding carboxylic acids is 1. The minimum Gasteiger partial charge on any atom is -0.445 e. The number of benzene rings is 1. The lowest BCUT2D eigenvalue weighted by Crippen LogP contribution is -2.21. The van der Waals surface area contributed by atoms with Crippen LogP contribution in [0.5, 0.6) is 0 Å². The van der Waals surface area contributed by atoms with Crippen molar-refractivity contribution in [2.24, 2.45) is 4.99 Å². The number of hydrogen-bond acceptors (Lipinski definition) is 3. The Kier molecular flexibility index (Phi) is 4.96. The molecule has 0 radical (unpaired) electrons. The molecule has 0 bridgehead atoms. The number of amides is 1. The first-order valence-electron chi connectivity index (χ1n) is 8.15. The second-order valence-corrected chi connectivity index (χ2v) is 6.84. The van der Waals surface area contributed by atoms with Gasteiger partial charge in [-0.25, -0.2) is 4.79 Å². The van der Waals surface area contributed by atoms with Crippen LogP contribution >= 0.6 is 11.3 Å². The fourth-order valence-electron chi connectivity index (χ4n) is 2.42. The van der Waals surface area contributed by atoms with Gasteiger partial charge in [0.1, 0.15) is 6.10 Å². The first kappa shape index (κ1) is 16.0. The van der Waals surface area contributed by atoms with Crippen LogP contribution < -0.4 is 4.80 Å². The molecule has 1 unspecified atom stereocenters. The van der Waals surface area contributed by atoms with Gasteiger partial charge in [0.2, 0.25) is 0 Å². The van der Waals surface area contributed by atoms with Crippen LogP contribution in [-0.4, -0.2) is 16.8 Å². The zero-order chi connectivity index (χ0) is 16.2. The van der Waals surface area contributed by atoms with Gasteiger partial charge in [0.15, 0.2) is 4.80 Å². The normalized spacial score (nSPS) is 16.3. The number of thiazole rings is 1. The van der Waals surface area contributed by atoms with Gasteiger partial charge in [-0.2, -0.15) is 0 Å². The number of hydrogen-bond donors (Lipinski definition) is 0. The summed E-state index contributed by atoms with van der Waals surface area (Å²) in [4.78, 5) is 16.9. The average molecular weight is 330 g/mol. The zero-order valence-corrected chi connectivity index (χ0v) is 14.4. The van der Waals surface area contributed by atoms with Gasteiger partial charge in [0, 0.05) is 17.0 Å². The average Bonchev–Trinajstić information content (AvgIpc) is 3.32. The lowest BCUT2D eigenvalue weighted by molar-refractivity contribution is 0.113. The quantitative estimate of drug-likeness (QED) is 0.820. The van der Waals surface area contributed by atoms with Crippen molar-refractivity contribution in [1.82, 2.24) is 4.57 Å². The maximum absolute atomic E-state index is 12.0. The standard InChI is InChI=1S/C18H22N2O2S/c1-3-13(2)22-18(21)19-17-20(11-14-7-5-4-6-8-14)16(12-23-17)15-9-10-15/h4-8,12-13,15H,3,9-11H2,1-2H3/b19-17-. The van der Waals surface area contributed by atoms with Crippen LogP contribution in [0.15, 0.2) is 40.7 Å². The van der Waals surface area contributed by atoms with E-state index in [1.807, 2.05) is 32.0 Å². The van der Waals surface area contributed by atoms with Crippen molar-refractivity contribution < 1.29 is 9.53 Å². The number of ether oxygens (including phenoxy) is 1. The smallest absolute Gasteiger partial charge is 0.436 e. The number of aromatic nitrogens is 1. The number of nitrogens with zero attached hydrogens (tertiary/aromatic N) is 2. The molecule has 1 aromatic carbocycles.